The number of hydrogen-bond donors (Lipinski definition) is 1. The molecular formula is C26H28N4O2. The highest BCUT2D eigenvalue weighted by Crippen LogP contribution is 2.36. The quantitative estimate of drug-likeness (QED) is 0.600. The summed E-state index contributed by atoms with van der Waals surface area (Å²) in [5, 5.41) is 7.84. The molecule has 1 N–H and O–H groups in total. The van der Waals surface area contributed by atoms with Crippen LogP contribution in [0.3, 0.4) is 0 Å². The number of aliphatic imine (C=N–C) groups is 1. The van der Waals surface area contributed by atoms with E-state index in [9.17, 15) is 4.79 Å². The fourth-order valence-corrected chi connectivity index (χ4v) is 4.53. The van der Waals surface area contributed by atoms with Crippen molar-refractivity contribution in [1.82, 2.24) is 15.1 Å². The summed E-state index contributed by atoms with van der Waals surface area (Å²) in [7, 11) is 0. The highest BCUT2D eigenvalue weighted by molar-refractivity contribution is 6.10. The monoisotopic (exact) mass is 428 g/mol. The second-order valence-corrected chi connectivity index (χ2v) is 8.42. The molecule has 6 nitrogen and oxygen atoms in total. The van der Waals surface area contributed by atoms with Gasteiger partial charge in [-0.3, -0.25) is 4.79 Å². The van der Waals surface area contributed by atoms with Crippen molar-refractivity contribution in [1.29, 1.82) is 0 Å². The van der Waals surface area contributed by atoms with E-state index in [1.165, 1.54) is 12.8 Å². The fourth-order valence-electron chi connectivity index (χ4n) is 4.53. The molecule has 1 amide bonds. The smallest absolute Gasteiger partial charge is 0.257 e. The Kier molecular flexibility index (Phi) is 5.75. The number of nitrogens with one attached hydrogen (secondary N) is 1. The molecule has 0 spiro atoms. The summed E-state index contributed by atoms with van der Waals surface area (Å²) in [6.45, 7) is 2.96. The number of rotatable bonds is 6. The number of aryl methyl sites for hydroxylation is 1. The zero-order valence-electron chi connectivity index (χ0n) is 18.4. The summed E-state index contributed by atoms with van der Waals surface area (Å²) in [5.41, 5.74) is 4.42. The van der Waals surface area contributed by atoms with E-state index < -0.39 is 0 Å². The van der Waals surface area contributed by atoms with Gasteiger partial charge in [-0.1, -0.05) is 50.1 Å². The lowest BCUT2D eigenvalue weighted by molar-refractivity contribution is 0.0960. The van der Waals surface area contributed by atoms with Gasteiger partial charge in [-0.05, 0) is 54.7 Å². The number of carbonyl (C=O) groups excluding carboxylic acids is 1. The number of nitrogens with zero attached hydrogens (tertiary/aromatic N) is 3. The van der Waals surface area contributed by atoms with Crippen LogP contribution in [-0.2, 0) is 13.0 Å². The molecule has 0 bridgehead atoms. The standard InChI is InChI=1S/C26H28N4O2/c1-2-22-24-25(30(29-22)20-10-6-7-11-20)28-23(16-27-26(24)31)19-12-14-21(15-13-19)32-17-18-8-4-3-5-9-18/h3-5,8-9,12-15,20H,2,6-7,10-11,16-17H2,1H3,(H,27,31). The first-order valence-corrected chi connectivity index (χ1v) is 11.5. The van der Waals surface area contributed by atoms with Crippen LogP contribution in [0.2, 0.25) is 0 Å². The summed E-state index contributed by atoms with van der Waals surface area (Å²) in [4.78, 5) is 17.9. The van der Waals surface area contributed by atoms with E-state index in [0.29, 0.717) is 37.0 Å². The predicted molar refractivity (Wildman–Crippen MR) is 125 cm³/mol. The first-order valence-electron chi connectivity index (χ1n) is 11.5. The van der Waals surface area contributed by atoms with Gasteiger partial charge in [0.1, 0.15) is 17.9 Å². The predicted octanol–water partition coefficient (Wildman–Crippen LogP) is 5.00. The zero-order chi connectivity index (χ0) is 21.9. The molecule has 32 heavy (non-hydrogen) atoms. The number of amides is 1. The van der Waals surface area contributed by atoms with Crippen molar-refractivity contribution in [3.8, 4) is 5.75 Å². The molecule has 1 aliphatic heterocycles. The SMILES string of the molecule is CCc1nn(C2CCCC2)c2c1C(=O)NCC(c1ccc(OCc3ccccc3)cc1)=N2. The van der Waals surface area contributed by atoms with Crippen LogP contribution in [0.5, 0.6) is 5.75 Å². The Hall–Kier alpha value is -3.41. The second kappa shape index (κ2) is 8.99. The Labute approximate surface area is 188 Å². The third-order valence-electron chi connectivity index (χ3n) is 6.28. The van der Waals surface area contributed by atoms with Crippen LogP contribution < -0.4 is 10.1 Å². The molecule has 1 aromatic heterocycles. The first kappa shape index (κ1) is 20.5. The van der Waals surface area contributed by atoms with E-state index in [-0.39, 0.29) is 5.91 Å². The van der Waals surface area contributed by atoms with Gasteiger partial charge in [-0.15, -0.1) is 0 Å². The summed E-state index contributed by atoms with van der Waals surface area (Å²) in [5.74, 6) is 1.44. The molecule has 2 heterocycles. The van der Waals surface area contributed by atoms with Crippen molar-refractivity contribution in [2.24, 2.45) is 4.99 Å². The normalized spacial score (nSPS) is 16.3. The Morgan fingerprint density at radius 1 is 1.06 bits per heavy atom. The van der Waals surface area contributed by atoms with Gasteiger partial charge in [0.2, 0.25) is 0 Å². The van der Waals surface area contributed by atoms with E-state index in [1.807, 2.05) is 66.2 Å². The van der Waals surface area contributed by atoms with Crippen LogP contribution >= 0.6 is 0 Å². The van der Waals surface area contributed by atoms with E-state index >= 15 is 0 Å². The van der Waals surface area contributed by atoms with E-state index in [1.54, 1.807) is 0 Å². The van der Waals surface area contributed by atoms with Crippen molar-refractivity contribution in [2.75, 3.05) is 6.54 Å². The Bertz CT molecular complexity index is 1130. The van der Waals surface area contributed by atoms with E-state index in [4.69, 9.17) is 14.8 Å². The minimum Gasteiger partial charge on any atom is -0.489 e. The average molecular weight is 429 g/mol. The molecule has 1 fully saturated rings. The average Bonchev–Trinajstić information content (AvgIpc) is 3.45. The third kappa shape index (κ3) is 4.05. The molecule has 2 aliphatic rings. The lowest BCUT2D eigenvalue weighted by atomic mass is 10.1. The van der Waals surface area contributed by atoms with E-state index in [2.05, 4.69) is 5.32 Å². The van der Waals surface area contributed by atoms with Crippen LogP contribution in [-0.4, -0.2) is 27.9 Å². The Morgan fingerprint density at radius 3 is 2.53 bits per heavy atom. The molecule has 1 saturated carbocycles. The summed E-state index contributed by atoms with van der Waals surface area (Å²) < 4.78 is 7.93. The number of hydrogen-bond acceptors (Lipinski definition) is 4. The minimum atomic E-state index is -0.0809. The highest BCUT2D eigenvalue weighted by atomic mass is 16.5. The molecule has 0 saturated heterocycles. The van der Waals surface area contributed by atoms with Gasteiger partial charge in [0.15, 0.2) is 5.82 Å². The van der Waals surface area contributed by atoms with Gasteiger partial charge >= 0.3 is 0 Å². The molecule has 164 valence electrons. The molecule has 1 aliphatic carbocycles. The third-order valence-corrected chi connectivity index (χ3v) is 6.28. The number of carbonyl (C=O) groups is 1. The maximum Gasteiger partial charge on any atom is 0.257 e. The van der Waals surface area contributed by atoms with Crippen molar-refractivity contribution in [2.45, 2.75) is 51.7 Å². The molecule has 2 aromatic carbocycles. The largest absolute Gasteiger partial charge is 0.489 e. The molecule has 0 unspecified atom stereocenters. The lowest BCUT2D eigenvalue weighted by Crippen LogP contribution is -2.28. The molecule has 0 atom stereocenters. The van der Waals surface area contributed by atoms with Crippen LogP contribution in [0.15, 0.2) is 59.6 Å². The second-order valence-electron chi connectivity index (χ2n) is 8.42. The fraction of sp³-hybridized carbons (Fsp3) is 0.346. The summed E-state index contributed by atoms with van der Waals surface area (Å²) >= 11 is 0. The minimum absolute atomic E-state index is 0.0809. The Morgan fingerprint density at radius 2 is 1.81 bits per heavy atom. The van der Waals surface area contributed by atoms with Crippen LogP contribution in [0, 0.1) is 0 Å². The topological polar surface area (TPSA) is 68.5 Å². The van der Waals surface area contributed by atoms with Crippen LogP contribution in [0.25, 0.3) is 0 Å². The highest BCUT2D eigenvalue weighted by Gasteiger charge is 2.30. The summed E-state index contributed by atoms with van der Waals surface area (Å²) in [6.07, 6.45) is 5.31. The van der Waals surface area contributed by atoms with Crippen molar-refractivity contribution in [3.63, 3.8) is 0 Å². The summed E-state index contributed by atoms with van der Waals surface area (Å²) in [6, 6.07) is 18.4. The van der Waals surface area contributed by atoms with E-state index in [0.717, 1.165) is 41.1 Å². The van der Waals surface area contributed by atoms with Crippen molar-refractivity contribution >= 4 is 17.4 Å². The van der Waals surface area contributed by atoms with Crippen LogP contribution in [0.1, 0.15) is 65.8 Å². The number of ether oxygens (including phenoxy) is 1. The van der Waals surface area contributed by atoms with Gasteiger partial charge in [0.05, 0.1) is 24.0 Å². The molecule has 0 radical (unpaired) electrons. The van der Waals surface area contributed by atoms with Gasteiger partial charge in [0.25, 0.3) is 5.91 Å². The number of benzene rings is 2. The van der Waals surface area contributed by atoms with Crippen molar-refractivity contribution < 1.29 is 9.53 Å². The number of fused-ring (bicyclic) bond motifs is 1. The van der Waals surface area contributed by atoms with Gasteiger partial charge in [-0.25, -0.2) is 9.67 Å². The lowest BCUT2D eigenvalue weighted by Gasteiger charge is -2.13. The maximum atomic E-state index is 12.9. The molecular weight excluding hydrogens is 400 g/mol. The van der Waals surface area contributed by atoms with Gasteiger partial charge < -0.3 is 10.1 Å². The number of aromatic nitrogens is 2. The Balaban J connectivity index is 1.42. The zero-order valence-corrected chi connectivity index (χ0v) is 18.4. The van der Waals surface area contributed by atoms with Gasteiger partial charge in [0, 0.05) is 0 Å². The first-order chi connectivity index (χ1) is 15.7. The van der Waals surface area contributed by atoms with Crippen molar-refractivity contribution in [3.05, 3.63) is 77.0 Å². The maximum absolute atomic E-state index is 12.9. The molecule has 5 rings (SSSR count). The molecule has 6 heteroatoms. The molecule has 3 aromatic rings. The van der Waals surface area contributed by atoms with Crippen LogP contribution in [0.4, 0.5) is 5.82 Å². The van der Waals surface area contributed by atoms with Gasteiger partial charge in [-0.2, -0.15) is 5.10 Å².